The van der Waals surface area contributed by atoms with Crippen LogP contribution in [0.3, 0.4) is 0 Å². The van der Waals surface area contributed by atoms with Gasteiger partial charge in [0, 0.05) is 46.7 Å². The van der Waals surface area contributed by atoms with Crippen molar-refractivity contribution in [1.29, 1.82) is 10.7 Å². The van der Waals surface area contributed by atoms with E-state index in [1.807, 2.05) is 6.07 Å². The summed E-state index contributed by atoms with van der Waals surface area (Å²) in [6, 6.07) is 7.30. The molecule has 1 aromatic heterocycles. The van der Waals surface area contributed by atoms with Crippen LogP contribution in [0.1, 0.15) is 67.0 Å². The highest BCUT2D eigenvalue weighted by atomic mass is 16.5. The average molecular weight is 465 g/mol. The lowest BCUT2D eigenvalue weighted by atomic mass is 9.80. The van der Waals surface area contributed by atoms with Crippen LogP contribution in [0.4, 0.5) is 0 Å². The van der Waals surface area contributed by atoms with Gasteiger partial charge in [-0.25, -0.2) is 0 Å². The van der Waals surface area contributed by atoms with E-state index in [1.54, 1.807) is 24.4 Å². The fourth-order valence-electron chi connectivity index (χ4n) is 4.40. The van der Waals surface area contributed by atoms with Gasteiger partial charge in [-0.05, 0) is 50.7 Å². The smallest absolute Gasteiger partial charge is 0.325 e. The summed E-state index contributed by atoms with van der Waals surface area (Å²) in [6.45, 7) is 0. The molecule has 9 heteroatoms. The van der Waals surface area contributed by atoms with E-state index in [0.29, 0.717) is 35.6 Å². The molecular formula is C25H30N5O4+. The van der Waals surface area contributed by atoms with Crippen LogP contribution in [-0.2, 0) is 4.74 Å². The number of nitriles is 1. The van der Waals surface area contributed by atoms with Gasteiger partial charge in [-0.15, -0.1) is 0 Å². The summed E-state index contributed by atoms with van der Waals surface area (Å²) in [5.41, 5.74) is 1.11. The number of nitrogens with one attached hydrogen (secondary N) is 3. The maximum Gasteiger partial charge on any atom is 0.325 e. The Labute approximate surface area is 198 Å². The topological polar surface area (TPSA) is 142 Å². The largest absolute Gasteiger partial charge is 0.494 e. The Balaban J connectivity index is 1.47. The van der Waals surface area contributed by atoms with Crippen LogP contribution < -0.4 is 15.4 Å². The molecule has 5 N–H and O–H groups in total. The van der Waals surface area contributed by atoms with Crippen LogP contribution in [0.2, 0.25) is 0 Å². The number of pyridine rings is 1. The lowest BCUT2D eigenvalue weighted by Crippen LogP contribution is -2.45. The van der Waals surface area contributed by atoms with Gasteiger partial charge in [0.05, 0.1) is 36.6 Å². The SMILES string of the molecule is COC1=CC(=N)/C(=C\N[C@H]2CC[C@@](O)(CC#N)CC2)C=C1NC(=O)c1cccc(C2CC2)[n+]1O. The molecule has 1 aromatic rings. The van der Waals surface area contributed by atoms with Crippen LogP contribution in [-0.4, -0.2) is 40.7 Å². The van der Waals surface area contributed by atoms with Crippen molar-refractivity contribution in [3.8, 4) is 6.07 Å². The van der Waals surface area contributed by atoms with Crippen molar-refractivity contribution in [3.63, 3.8) is 0 Å². The first kappa shape index (κ1) is 23.5. The molecule has 3 aliphatic rings. The fourth-order valence-corrected chi connectivity index (χ4v) is 4.40. The van der Waals surface area contributed by atoms with E-state index < -0.39 is 11.5 Å². The summed E-state index contributed by atoms with van der Waals surface area (Å²) >= 11 is 0. The molecule has 0 unspecified atom stereocenters. The van der Waals surface area contributed by atoms with Gasteiger partial charge >= 0.3 is 11.6 Å². The maximum absolute atomic E-state index is 12.9. The summed E-state index contributed by atoms with van der Waals surface area (Å²) in [7, 11) is 1.47. The summed E-state index contributed by atoms with van der Waals surface area (Å²) in [4.78, 5) is 12.9. The number of hydrogen-bond donors (Lipinski definition) is 5. The van der Waals surface area contributed by atoms with Gasteiger partial charge in [-0.3, -0.25) is 10.0 Å². The third-order valence-electron chi connectivity index (χ3n) is 6.64. The summed E-state index contributed by atoms with van der Waals surface area (Å²) < 4.78 is 6.32. The fraction of sp³-hybridized carbons (Fsp3) is 0.440. The molecule has 4 rings (SSSR count). The molecule has 0 aliphatic heterocycles. The Morgan fingerprint density at radius 1 is 1.32 bits per heavy atom. The number of amides is 1. The Morgan fingerprint density at radius 2 is 2.06 bits per heavy atom. The molecule has 0 spiro atoms. The highest BCUT2D eigenvalue weighted by Crippen LogP contribution is 2.38. The van der Waals surface area contributed by atoms with Gasteiger partial charge in [0.1, 0.15) is 5.76 Å². The lowest BCUT2D eigenvalue weighted by Gasteiger charge is -2.34. The third-order valence-corrected chi connectivity index (χ3v) is 6.64. The van der Waals surface area contributed by atoms with Crippen molar-refractivity contribution in [3.05, 3.63) is 65.0 Å². The zero-order valence-corrected chi connectivity index (χ0v) is 19.2. The van der Waals surface area contributed by atoms with E-state index in [9.17, 15) is 15.1 Å². The number of carbonyl (C=O) groups excluding carboxylic acids is 1. The quantitative estimate of drug-likeness (QED) is 0.310. The first-order valence-electron chi connectivity index (χ1n) is 11.5. The molecule has 0 radical (unpaired) electrons. The molecule has 3 aliphatic carbocycles. The molecule has 2 saturated carbocycles. The first-order chi connectivity index (χ1) is 16.3. The van der Waals surface area contributed by atoms with Gasteiger partial charge in [-0.2, -0.15) is 5.26 Å². The molecule has 1 heterocycles. The van der Waals surface area contributed by atoms with Gasteiger partial charge < -0.3 is 25.9 Å². The lowest BCUT2D eigenvalue weighted by molar-refractivity contribution is -0.910. The molecule has 1 amide bonds. The Morgan fingerprint density at radius 3 is 2.71 bits per heavy atom. The first-order valence-corrected chi connectivity index (χ1v) is 11.5. The Hall–Kier alpha value is -3.64. The Bertz CT molecular complexity index is 1120. The predicted octanol–water partition coefficient (Wildman–Crippen LogP) is 2.33. The third kappa shape index (κ3) is 5.13. The van der Waals surface area contributed by atoms with Crippen LogP contribution in [0.15, 0.2) is 53.6 Å². The Kier molecular flexibility index (Phi) is 6.70. The number of hydrogen-bond acceptors (Lipinski definition) is 7. The molecule has 0 atom stereocenters. The molecular weight excluding hydrogens is 434 g/mol. The van der Waals surface area contributed by atoms with Crippen LogP contribution in [0.25, 0.3) is 0 Å². The van der Waals surface area contributed by atoms with Gasteiger partial charge in [0.2, 0.25) is 5.69 Å². The second kappa shape index (κ2) is 9.69. The molecule has 178 valence electrons. The minimum absolute atomic E-state index is 0.122. The van der Waals surface area contributed by atoms with Crippen LogP contribution >= 0.6 is 0 Å². The minimum atomic E-state index is -0.911. The van der Waals surface area contributed by atoms with E-state index in [4.69, 9.17) is 15.4 Å². The molecule has 0 aromatic carbocycles. The number of allylic oxidation sites excluding steroid dienone is 3. The molecule has 0 bridgehead atoms. The number of ether oxygens (including phenoxy) is 1. The van der Waals surface area contributed by atoms with E-state index >= 15 is 0 Å². The minimum Gasteiger partial charge on any atom is -0.494 e. The van der Waals surface area contributed by atoms with Crippen molar-refractivity contribution in [1.82, 2.24) is 10.6 Å². The summed E-state index contributed by atoms with van der Waals surface area (Å²) in [6.07, 6.45) is 9.58. The van der Waals surface area contributed by atoms with Crippen molar-refractivity contribution >= 4 is 11.6 Å². The number of carbonyl (C=O) groups is 1. The normalized spacial score (nSPS) is 25.7. The van der Waals surface area contributed by atoms with Crippen LogP contribution in [0, 0.1) is 16.7 Å². The average Bonchev–Trinajstić information content (AvgIpc) is 3.65. The molecule has 9 nitrogen and oxygen atoms in total. The van der Waals surface area contributed by atoms with Gasteiger partial charge in [-0.1, -0.05) is 0 Å². The second-order valence-electron chi connectivity index (χ2n) is 9.16. The summed E-state index contributed by atoms with van der Waals surface area (Å²) in [5.74, 6) is 0.138. The zero-order valence-electron chi connectivity index (χ0n) is 19.2. The van der Waals surface area contributed by atoms with Crippen molar-refractivity contribution < 1.29 is 24.6 Å². The second-order valence-corrected chi connectivity index (χ2v) is 9.16. The number of nitrogens with zero attached hydrogens (tertiary/aromatic N) is 2. The predicted molar refractivity (Wildman–Crippen MR) is 123 cm³/mol. The highest BCUT2D eigenvalue weighted by Gasteiger charge is 2.36. The number of aromatic nitrogens is 1. The number of methoxy groups -OCH3 is 1. The maximum atomic E-state index is 12.9. The number of rotatable bonds is 7. The van der Waals surface area contributed by atoms with Crippen molar-refractivity contribution in [2.45, 2.75) is 62.5 Å². The number of aliphatic hydroxyl groups is 1. The van der Waals surface area contributed by atoms with Gasteiger partial charge in [0.25, 0.3) is 0 Å². The molecule has 2 fully saturated rings. The van der Waals surface area contributed by atoms with Crippen molar-refractivity contribution in [2.24, 2.45) is 0 Å². The molecule has 0 saturated heterocycles. The zero-order chi connectivity index (χ0) is 24.3. The van der Waals surface area contributed by atoms with Gasteiger partial charge in [0.15, 0.2) is 0 Å². The monoisotopic (exact) mass is 464 g/mol. The summed E-state index contributed by atoms with van der Waals surface area (Å²) in [5, 5.41) is 44.2. The van der Waals surface area contributed by atoms with Crippen molar-refractivity contribution in [2.75, 3.05) is 7.11 Å². The highest BCUT2D eigenvalue weighted by molar-refractivity contribution is 6.10. The van der Waals surface area contributed by atoms with Crippen LogP contribution in [0.5, 0.6) is 0 Å². The molecule has 34 heavy (non-hydrogen) atoms. The van der Waals surface area contributed by atoms with E-state index in [1.165, 1.54) is 13.2 Å². The van der Waals surface area contributed by atoms with E-state index in [2.05, 4.69) is 16.7 Å². The van der Waals surface area contributed by atoms with E-state index in [0.717, 1.165) is 30.4 Å². The standard InChI is InChI=1S/C25H29N5O4/c1-34-23-14-19(27)17(15-28-18-7-9-25(32,10-8-18)11-12-26)13-20(23)29-24(31)22-4-2-3-21(30(22)33)16-5-6-16/h2-4,13-16,18,27,31-33H,5-11H2,1H3/p+1/t18-,25-. The van der Waals surface area contributed by atoms with E-state index in [-0.39, 0.29) is 29.8 Å².